The van der Waals surface area contributed by atoms with Crippen LogP contribution in [0, 0.1) is 0 Å². The van der Waals surface area contributed by atoms with Gasteiger partial charge in [-0.2, -0.15) is 0 Å². The number of amides is 1. The van der Waals surface area contributed by atoms with E-state index in [-0.39, 0.29) is 26.2 Å². The number of phosphoric ester groups is 1. The highest BCUT2D eigenvalue weighted by Crippen LogP contribution is 2.43. The third-order valence-corrected chi connectivity index (χ3v) is 13.4. The summed E-state index contributed by atoms with van der Waals surface area (Å²) in [4.78, 5) is 22.9. The van der Waals surface area contributed by atoms with Crippen molar-refractivity contribution in [3.05, 3.63) is 12.2 Å². The van der Waals surface area contributed by atoms with E-state index in [1.807, 2.05) is 0 Å². The minimum Gasteiger partial charge on any atom is -0.393 e. The molecule has 4 atom stereocenters. The molecule has 0 rings (SSSR count). The van der Waals surface area contributed by atoms with E-state index < -0.39 is 32.0 Å². The van der Waals surface area contributed by atoms with E-state index in [1.165, 1.54) is 199 Å². The van der Waals surface area contributed by atoms with Gasteiger partial charge in [-0.15, -0.1) is 0 Å². The number of nitrogens with one attached hydrogen (secondary N) is 1. The molecule has 0 aromatic heterocycles. The molecule has 0 aliphatic rings. The quantitative estimate of drug-likeness (QED) is 0.0230. The van der Waals surface area contributed by atoms with Crippen molar-refractivity contribution >= 4 is 13.7 Å². The molecule has 0 radical (unpaired) electrons. The van der Waals surface area contributed by atoms with E-state index in [1.54, 1.807) is 0 Å². The van der Waals surface area contributed by atoms with Gasteiger partial charge < -0.3 is 26.2 Å². The van der Waals surface area contributed by atoms with Crippen molar-refractivity contribution in [2.45, 2.75) is 295 Å². The van der Waals surface area contributed by atoms with Gasteiger partial charge in [-0.1, -0.05) is 244 Å². The molecule has 4 unspecified atom stereocenters. The van der Waals surface area contributed by atoms with Gasteiger partial charge in [0.15, 0.2) is 0 Å². The molecule has 0 aromatic carbocycles. The summed E-state index contributed by atoms with van der Waals surface area (Å²) in [5.74, 6) is -0.413. The summed E-state index contributed by atoms with van der Waals surface area (Å²) in [7, 11) is -4.38. The van der Waals surface area contributed by atoms with Crippen molar-refractivity contribution in [2.75, 3.05) is 19.8 Å². The summed E-state index contributed by atoms with van der Waals surface area (Å²) in [5.41, 5.74) is 5.39. The number of hydrogen-bond acceptors (Lipinski definition) is 7. The average molecular weight is 901 g/mol. The van der Waals surface area contributed by atoms with Gasteiger partial charge in [-0.25, -0.2) is 4.57 Å². The summed E-state index contributed by atoms with van der Waals surface area (Å²) in [5, 5.41) is 24.3. The molecule has 0 bridgehead atoms. The maximum absolute atomic E-state index is 12.9. The average Bonchev–Trinajstić information content (AvgIpc) is 3.25. The molecule has 1 amide bonds. The Balaban J connectivity index is 4.11. The Morgan fingerprint density at radius 2 is 0.871 bits per heavy atom. The number of carbonyl (C=O) groups is 1. The number of aliphatic hydroxyl groups excluding tert-OH is 2. The van der Waals surface area contributed by atoms with Crippen molar-refractivity contribution in [1.29, 1.82) is 0 Å². The number of unbranched alkanes of at least 4 members (excludes halogenated alkanes) is 35. The summed E-state index contributed by atoms with van der Waals surface area (Å²) in [6.07, 6.45) is 52.7. The van der Waals surface area contributed by atoms with Crippen LogP contribution in [0.15, 0.2) is 12.2 Å². The zero-order valence-corrected chi connectivity index (χ0v) is 41.9. The number of phosphoric acid groups is 1. The lowest BCUT2D eigenvalue weighted by Crippen LogP contribution is -2.47. The fourth-order valence-electron chi connectivity index (χ4n) is 8.35. The normalized spacial score (nSPS) is 14.4. The molecule has 0 aliphatic heterocycles. The fraction of sp³-hybridized carbons (Fsp3) is 0.942. The van der Waals surface area contributed by atoms with Gasteiger partial charge >= 0.3 is 7.82 Å². The molecule has 0 aromatic rings. The second kappa shape index (κ2) is 48.1. The smallest absolute Gasteiger partial charge is 0.393 e. The molecule has 0 saturated carbocycles. The lowest BCUT2D eigenvalue weighted by atomic mass is 10.0. The lowest BCUT2D eigenvalue weighted by Gasteiger charge is -2.25. The third kappa shape index (κ3) is 45.8. The first-order valence-electron chi connectivity index (χ1n) is 26.9. The second-order valence-electron chi connectivity index (χ2n) is 18.6. The second-order valence-corrected chi connectivity index (χ2v) is 20.1. The Labute approximate surface area is 384 Å². The molecule has 0 spiro atoms. The van der Waals surface area contributed by atoms with Crippen LogP contribution < -0.4 is 11.1 Å². The molecule has 0 heterocycles. The zero-order valence-electron chi connectivity index (χ0n) is 41.0. The highest BCUT2D eigenvalue weighted by Gasteiger charge is 2.28. The molecule has 370 valence electrons. The topological polar surface area (TPSA) is 151 Å². The van der Waals surface area contributed by atoms with E-state index >= 15 is 0 Å². The SMILES string of the molecule is CCCCCCCCCCCCCC/C=C\CCCCCCCC(O)CC(=O)NC(COP(=O)(O)OCCN)C(O)CCCCCCCCCCCCCCCCCCCCC. The number of hydrogen-bond donors (Lipinski definition) is 5. The molecular formula is C52H105N2O7P. The van der Waals surface area contributed by atoms with Crippen molar-refractivity contribution in [3.63, 3.8) is 0 Å². The molecule has 0 fully saturated rings. The van der Waals surface area contributed by atoms with Gasteiger partial charge in [0.2, 0.25) is 5.91 Å². The number of rotatable bonds is 51. The molecule has 0 aliphatic carbocycles. The van der Waals surface area contributed by atoms with Crippen molar-refractivity contribution < 1.29 is 33.5 Å². The molecule has 10 heteroatoms. The number of nitrogens with two attached hydrogens (primary N) is 1. The molecular weight excluding hydrogens is 796 g/mol. The predicted octanol–water partition coefficient (Wildman–Crippen LogP) is 14.9. The van der Waals surface area contributed by atoms with Crippen LogP contribution in [-0.2, 0) is 18.4 Å². The van der Waals surface area contributed by atoms with E-state index in [2.05, 4.69) is 31.3 Å². The van der Waals surface area contributed by atoms with Crippen LogP contribution in [0.25, 0.3) is 0 Å². The standard InChI is InChI=1S/C52H105N2O7P/c1-3-5-7-9-11-13-15-17-19-21-23-24-26-27-29-31-33-35-37-39-41-43-49(55)47-52(57)54-50(48-61-62(58,59)60-46-45-53)51(56)44-42-40-38-36-34-32-30-28-25-22-20-18-16-14-12-10-8-6-4-2/h27,29,49-51,55-56H,3-26,28,30-48,53H2,1-2H3,(H,54,57)(H,58,59)/b29-27-. The zero-order chi connectivity index (χ0) is 45.5. The largest absolute Gasteiger partial charge is 0.472 e. The van der Waals surface area contributed by atoms with Gasteiger partial charge in [0.1, 0.15) is 0 Å². The maximum atomic E-state index is 12.9. The maximum Gasteiger partial charge on any atom is 0.472 e. The molecule has 0 saturated heterocycles. The number of allylic oxidation sites excluding steroid dienone is 2. The van der Waals surface area contributed by atoms with Crippen LogP contribution in [0.3, 0.4) is 0 Å². The predicted molar refractivity (Wildman–Crippen MR) is 265 cm³/mol. The molecule has 62 heavy (non-hydrogen) atoms. The van der Waals surface area contributed by atoms with Crippen LogP contribution in [-0.4, -0.2) is 59.0 Å². The van der Waals surface area contributed by atoms with E-state index in [9.17, 15) is 24.5 Å². The monoisotopic (exact) mass is 901 g/mol. The Hall–Kier alpha value is -0.800. The number of aliphatic hydroxyl groups is 2. The molecule has 9 nitrogen and oxygen atoms in total. The first-order chi connectivity index (χ1) is 30.3. The van der Waals surface area contributed by atoms with E-state index in [0.29, 0.717) is 12.8 Å². The Kier molecular flexibility index (Phi) is 47.5. The summed E-state index contributed by atoms with van der Waals surface area (Å²) >= 11 is 0. The summed E-state index contributed by atoms with van der Waals surface area (Å²) in [6, 6.07) is -0.897. The van der Waals surface area contributed by atoms with Crippen molar-refractivity contribution in [2.24, 2.45) is 5.73 Å². The van der Waals surface area contributed by atoms with Gasteiger partial charge in [0.05, 0.1) is 37.9 Å². The fourth-order valence-corrected chi connectivity index (χ4v) is 9.11. The highest BCUT2D eigenvalue weighted by atomic mass is 31.2. The third-order valence-electron chi connectivity index (χ3n) is 12.4. The van der Waals surface area contributed by atoms with E-state index in [0.717, 1.165) is 44.9 Å². The van der Waals surface area contributed by atoms with Crippen molar-refractivity contribution in [1.82, 2.24) is 5.32 Å². The van der Waals surface area contributed by atoms with Crippen LogP contribution in [0.2, 0.25) is 0 Å². The van der Waals surface area contributed by atoms with Gasteiger partial charge in [-0.05, 0) is 38.5 Å². The first kappa shape index (κ1) is 61.2. The minimum atomic E-state index is -4.38. The summed E-state index contributed by atoms with van der Waals surface area (Å²) < 4.78 is 22.3. The first-order valence-corrected chi connectivity index (χ1v) is 28.4. The van der Waals surface area contributed by atoms with Gasteiger partial charge in [0, 0.05) is 6.54 Å². The molecule has 6 N–H and O–H groups in total. The highest BCUT2D eigenvalue weighted by molar-refractivity contribution is 7.47. The Morgan fingerprint density at radius 1 is 0.532 bits per heavy atom. The Bertz CT molecular complexity index is 1000. The van der Waals surface area contributed by atoms with Crippen LogP contribution in [0.5, 0.6) is 0 Å². The minimum absolute atomic E-state index is 0.0604. The summed E-state index contributed by atoms with van der Waals surface area (Å²) in [6.45, 7) is 4.09. The lowest BCUT2D eigenvalue weighted by molar-refractivity contribution is -0.125. The van der Waals surface area contributed by atoms with Gasteiger partial charge in [0.25, 0.3) is 0 Å². The van der Waals surface area contributed by atoms with Gasteiger partial charge in [-0.3, -0.25) is 13.8 Å². The number of carbonyl (C=O) groups excluding carboxylic acids is 1. The van der Waals surface area contributed by atoms with Crippen LogP contribution in [0.1, 0.15) is 277 Å². The van der Waals surface area contributed by atoms with Crippen molar-refractivity contribution in [3.8, 4) is 0 Å². The Morgan fingerprint density at radius 3 is 1.24 bits per heavy atom. The van der Waals surface area contributed by atoms with Crippen LogP contribution in [0.4, 0.5) is 0 Å². The van der Waals surface area contributed by atoms with Crippen LogP contribution >= 0.6 is 7.82 Å². The van der Waals surface area contributed by atoms with E-state index in [4.69, 9.17) is 14.8 Å².